The Labute approximate surface area is 229 Å². The highest BCUT2D eigenvalue weighted by Gasteiger charge is 2.64. The molecule has 0 saturated carbocycles. The number of para-hydroxylation sites is 1. The van der Waals surface area contributed by atoms with Crippen LogP contribution in [-0.4, -0.2) is 50.8 Å². The number of nitrogens with one attached hydrogen (secondary N) is 1. The summed E-state index contributed by atoms with van der Waals surface area (Å²) in [6, 6.07) is 16.2. The van der Waals surface area contributed by atoms with Crippen LogP contribution in [0, 0.1) is 11.8 Å². The Hall–Kier alpha value is -4.99. The minimum absolute atomic E-state index is 0.0726. The van der Waals surface area contributed by atoms with E-state index in [2.05, 4.69) is 5.32 Å². The summed E-state index contributed by atoms with van der Waals surface area (Å²) in [5.41, 5.74) is 2.48. The molecule has 202 valence electrons. The van der Waals surface area contributed by atoms with Crippen molar-refractivity contribution in [1.82, 2.24) is 0 Å². The van der Waals surface area contributed by atoms with Crippen LogP contribution >= 0.6 is 0 Å². The minimum Gasteiger partial charge on any atom is -0.497 e. The zero-order valence-electron chi connectivity index (χ0n) is 21.7. The number of methoxy groups -OCH3 is 2. The smallest absolute Gasteiger partial charge is 0.248 e. The summed E-state index contributed by atoms with van der Waals surface area (Å²) >= 11 is 0. The van der Waals surface area contributed by atoms with Gasteiger partial charge in [0.2, 0.25) is 24.5 Å². The first-order chi connectivity index (χ1) is 19.5. The highest BCUT2D eigenvalue weighted by molar-refractivity contribution is 6.25. The number of anilines is 3. The average molecular weight is 540 g/mol. The highest BCUT2D eigenvalue weighted by Crippen LogP contribution is 2.50. The predicted octanol–water partition coefficient (Wildman–Crippen LogP) is 3.46. The van der Waals surface area contributed by atoms with Crippen LogP contribution in [-0.2, 0) is 14.4 Å². The summed E-state index contributed by atoms with van der Waals surface area (Å²) in [6.07, 6.45) is 3.85. The first kappa shape index (κ1) is 24.1. The maximum atomic E-state index is 14.1. The second kappa shape index (κ2) is 9.04. The lowest BCUT2D eigenvalue weighted by Gasteiger charge is -2.36. The van der Waals surface area contributed by atoms with Gasteiger partial charge in [0.1, 0.15) is 17.5 Å². The van der Waals surface area contributed by atoms with Gasteiger partial charge < -0.3 is 29.2 Å². The van der Waals surface area contributed by atoms with Gasteiger partial charge in [0.05, 0.1) is 43.5 Å². The summed E-state index contributed by atoms with van der Waals surface area (Å²) in [7, 11) is 3.04. The highest BCUT2D eigenvalue weighted by atomic mass is 16.7. The lowest BCUT2D eigenvalue weighted by Crippen LogP contribution is -2.50. The van der Waals surface area contributed by atoms with Crippen LogP contribution in [0.2, 0.25) is 0 Å². The number of hydrogen-bond acceptors (Lipinski definition) is 8. The monoisotopic (exact) mass is 539 g/mol. The van der Waals surface area contributed by atoms with Gasteiger partial charge in [-0.3, -0.25) is 14.4 Å². The van der Waals surface area contributed by atoms with Crippen LogP contribution in [0.25, 0.3) is 6.08 Å². The van der Waals surface area contributed by atoms with E-state index in [4.69, 9.17) is 18.9 Å². The van der Waals surface area contributed by atoms with Gasteiger partial charge in [-0.15, -0.1) is 0 Å². The largest absolute Gasteiger partial charge is 0.497 e. The molecule has 10 heteroatoms. The van der Waals surface area contributed by atoms with Crippen LogP contribution in [0.1, 0.15) is 5.56 Å². The van der Waals surface area contributed by atoms with Crippen LogP contribution in [0.5, 0.6) is 23.0 Å². The van der Waals surface area contributed by atoms with E-state index in [1.807, 2.05) is 41.3 Å². The first-order valence-corrected chi connectivity index (χ1v) is 12.9. The van der Waals surface area contributed by atoms with Crippen LogP contribution in [0.4, 0.5) is 17.1 Å². The summed E-state index contributed by atoms with van der Waals surface area (Å²) in [5, 5.41) is 2.95. The maximum absolute atomic E-state index is 14.1. The van der Waals surface area contributed by atoms with Gasteiger partial charge in [0, 0.05) is 17.8 Å². The van der Waals surface area contributed by atoms with E-state index in [1.54, 1.807) is 36.4 Å². The van der Waals surface area contributed by atoms with E-state index in [0.29, 0.717) is 34.4 Å². The Morgan fingerprint density at radius 3 is 2.55 bits per heavy atom. The maximum Gasteiger partial charge on any atom is 0.248 e. The van der Waals surface area contributed by atoms with Crippen molar-refractivity contribution in [3.8, 4) is 23.0 Å². The lowest BCUT2D eigenvalue weighted by molar-refractivity contribution is -0.126. The molecule has 2 fully saturated rings. The zero-order chi connectivity index (χ0) is 27.5. The number of ether oxygens (including phenoxy) is 4. The third-order valence-corrected chi connectivity index (χ3v) is 7.96. The van der Waals surface area contributed by atoms with Gasteiger partial charge in [0.15, 0.2) is 11.5 Å². The van der Waals surface area contributed by atoms with Gasteiger partial charge in [0.25, 0.3) is 0 Å². The van der Waals surface area contributed by atoms with Crippen molar-refractivity contribution < 1.29 is 33.3 Å². The number of amides is 3. The molecule has 0 unspecified atom stereocenters. The molecule has 40 heavy (non-hydrogen) atoms. The van der Waals surface area contributed by atoms with E-state index in [9.17, 15) is 14.4 Å². The molecule has 0 radical (unpaired) electrons. The topological polar surface area (TPSA) is 107 Å². The Bertz CT molecular complexity index is 1600. The van der Waals surface area contributed by atoms with E-state index >= 15 is 0 Å². The molecule has 1 N–H and O–H groups in total. The van der Waals surface area contributed by atoms with Crippen molar-refractivity contribution in [3.05, 3.63) is 72.3 Å². The number of rotatable bonds is 5. The Balaban J connectivity index is 1.31. The minimum atomic E-state index is -0.965. The van der Waals surface area contributed by atoms with Crippen molar-refractivity contribution in [2.75, 3.05) is 36.1 Å². The van der Waals surface area contributed by atoms with Gasteiger partial charge in [-0.2, -0.15) is 0 Å². The second-order valence-electron chi connectivity index (χ2n) is 9.92. The predicted molar refractivity (Wildman–Crippen MR) is 146 cm³/mol. The van der Waals surface area contributed by atoms with E-state index in [1.165, 1.54) is 19.1 Å². The molecule has 0 bridgehead atoms. The van der Waals surface area contributed by atoms with Crippen molar-refractivity contribution in [1.29, 1.82) is 0 Å². The molecule has 3 aromatic rings. The molecule has 3 aromatic carbocycles. The lowest BCUT2D eigenvalue weighted by atomic mass is 9.88. The summed E-state index contributed by atoms with van der Waals surface area (Å²) in [4.78, 5) is 45.3. The molecule has 4 aliphatic rings. The van der Waals surface area contributed by atoms with Crippen LogP contribution in [0.15, 0.2) is 66.7 Å². The number of nitrogens with zero attached hydrogens (tertiary/aromatic N) is 2. The molecule has 10 nitrogen and oxygen atoms in total. The van der Waals surface area contributed by atoms with Gasteiger partial charge >= 0.3 is 0 Å². The summed E-state index contributed by atoms with van der Waals surface area (Å²) < 4.78 is 21.7. The average Bonchev–Trinajstić information content (AvgIpc) is 3.65. The van der Waals surface area contributed by atoms with Gasteiger partial charge in [-0.05, 0) is 35.9 Å². The molecule has 0 aliphatic carbocycles. The first-order valence-electron chi connectivity index (χ1n) is 12.9. The van der Waals surface area contributed by atoms with E-state index in [0.717, 1.165) is 11.3 Å². The van der Waals surface area contributed by atoms with Crippen LogP contribution in [0.3, 0.4) is 0 Å². The molecule has 4 heterocycles. The normalized spacial score (nSPS) is 23.6. The van der Waals surface area contributed by atoms with Crippen molar-refractivity contribution >= 4 is 40.9 Å². The van der Waals surface area contributed by atoms with E-state index < -0.39 is 35.7 Å². The van der Waals surface area contributed by atoms with Crippen molar-refractivity contribution in [3.63, 3.8) is 0 Å². The molecule has 7 rings (SSSR count). The number of imide groups is 1. The molecular weight excluding hydrogens is 514 g/mol. The molecular formula is C30H25N3O7. The van der Waals surface area contributed by atoms with Gasteiger partial charge in [-0.25, -0.2) is 4.90 Å². The fourth-order valence-electron chi connectivity index (χ4n) is 6.21. The standard InChI is InChI=1S/C30H25N3O7/c1-37-18-9-12-22(38-2)19(14-18)31-28(34)27-26-25(21-10-7-16-5-3-4-6-20(16)33(21)27)29(35)32(30(26)36)17-8-11-23-24(13-17)40-15-39-23/h3-14,21,25-27H,15H2,1-2H3,(H,31,34)/t21-,25-,26+,27-/m0/s1. The number of hydrogen-bond donors (Lipinski definition) is 1. The fourth-order valence-corrected chi connectivity index (χ4v) is 6.21. The molecule has 2 saturated heterocycles. The number of carbonyl (C=O) groups excluding carboxylic acids is 3. The zero-order valence-corrected chi connectivity index (χ0v) is 21.7. The molecule has 0 aromatic heterocycles. The number of carbonyl (C=O) groups is 3. The third kappa shape index (κ3) is 3.45. The number of benzene rings is 3. The van der Waals surface area contributed by atoms with Crippen molar-refractivity contribution in [2.45, 2.75) is 12.1 Å². The molecule has 4 aliphatic heterocycles. The van der Waals surface area contributed by atoms with Crippen molar-refractivity contribution in [2.24, 2.45) is 11.8 Å². The van der Waals surface area contributed by atoms with Crippen LogP contribution < -0.4 is 34.1 Å². The molecule has 4 atom stereocenters. The quantitative estimate of drug-likeness (QED) is 0.492. The SMILES string of the molecule is COc1ccc(OC)c(NC(=O)[C@@H]2[C@@H]3C(=O)N(c4ccc5c(c4)OCO5)C(=O)[C@H]3[C@@H]3C=Cc4ccccc4N23)c1. The summed E-state index contributed by atoms with van der Waals surface area (Å²) in [6.45, 7) is 0.0726. The molecule has 0 spiro atoms. The molecule has 3 amide bonds. The summed E-state index contributed by atoms with van der Waals surface area (Å²) in [5.74, 6) is -0.924. The van der Waals surface area contributed by atoms with Gasteiger partial charge in [-0.1, -0.05) is 30.4 Å². The number of fused-ring (bicyclic) bond motifs is 6. The second-order valence-corrected chi connectivity index (χ2v) is 9.92. The fraction of sp³-hybridized carbons (Fsp3) is 0.233. The Morgan fingerprint density at radius 2 is 1.73 bits per heavy atom. The Morgan fingerprint density at radius 1 is 0.925 bits per heavy atom. The van der Waals surface area contributed by atoms with E-state index in [-0.39, 0.29) is 12.7 Å². The third-order valence-electron chi connectivity index (χ3n) is 7.96. The Kier molecular flexibility index (Phi) is 5.44.